The number of carbonyl (C=O) groups excluding carboxylic acids is 1. The van der Waals surface area contributed by atoms with Gasteiger partial charge in [-0.3, -0.25) is 4.79 Å². The van der Waals surface area contributed by atoms with E-state index in [-0.39, 0.29) is 5.91 Å². The Labute approximate surface area is 146 Å². The van der Waals surface area contributed by atoms with Crippen molar-refractivity contribution < 1.29 is 4.79 Å². The number of aryl methyl sites for hydroxylation is 1. The third-order valence-corrected chi connectivity index (χ3v) is 6.53. The second kappa shape index (κ2) is 7.54. The van der Waals surface area contributed by atoms with Gasteiger partial charge in [-0.2, -0.15) is 0 Å². The third kappa shape index (κ3) is 3.99. The Morgan fingerprint density at radius 3 is 2.74 bits per heavy atom. The van der Waals surface area contributed by atoms with Gasteiger partial charge in [-0.15, -0.1) is 23.1 Å². The minimum atomic E-state index is -0.000726. The van der Waals surface area contributed by atoms with Crippen molar-refractivity contribution in [3.05, 3.63) is 45.6 Å². The maximum Gasteiger partial charge on any atom is 0.256 e. The zero-order valence-corrected chi connectivity index (χ0v) is 15.4. The van der Waals surface area contributed by atoms with Crippen LogP contribution in [-0.4, -0.2) is 12.2 Å². The number of hydrogen-bond acceptors (Lipinski definition) is 3. The molecule has 1 saturated carbocycles. The molecule has 0 radical (unpaired) electrons. The second-order valence-corrected chi connectivity index (χ2v) is 8.00. The Morgan fingerprint density at radius 2 is 2.00 bits per heavy atom. The molecule has 4 heteroatoms. The predicted molar refractivity (Wildman–Crippen MR) is 101 cm³/mol. The number of anilines is 1. The zero-order valence-electron chi connectivity index (χ0n) is 13.7. The lowest BCUT2D eigenvalue weighted by atomic mass is 9.88. The number of carbonyl (C=O) groups is 1. The number of rotatable bonds is 4. The Balaban J connectivity index is 1.70. The van der Waals surface area contributed by atoms with E-state index in [9.17, 15) is 4.79 Å². The number of thioether (sulfide) groups is 1. The van der Waals surface area contributed by atoms with Crippen LogP contribution in [0.4, 0.5) is 5.69 Å². The summed E-state index contributed by atoms with van der Waals surface area (Å²) in [6, 6.07) is 8.18. The molecule has 0 unspecified atom stereocenters. The van der Waals surface area contributed by atoms with Crippen molar-refractivity contribution in [2.75, 3.05) is 11.6 Å². The van der Waals surface area contributed by atoms with Crippen LogP contribution in [-0.2, 0) is 0 Å². The molecular weight excluding hydrogens is 322 g/mol. The lowest BCUT2D eigenvalue weighted by Crippen LogP contribution is -2.11. The van der Waals surface area contributed by atoms with E-state index in [1.54, 1.807) is 23.1 Å². The summed E-state index contributed by atoms with van der Waals surface area (Å²) in [4.78, 5) is 15.1. The highest BCUT2D eigenvalue weighted by molar-refractivity contribution is 7.98. The predicted octanol–water partition coefficient (Wildman–Crippen LogP) is 6.08. The third-order valence-electron chi connectivity index (χ3n) is 4.56. The normalized spacial score (nSPS) is 15.6. The molecule has 0 atom stereocenters. The molecule has 2 aromatic rings. The van der Waals surface area contributed by atoms with Crippen molar-refractivity contribution in [1.82, 2.24) is 0 Å². The molecule has 1 aromatic carbocycles. The van der Waals surface area contributed by atoms with Crippen LogP contribution in [0.25, 0.3) is 0 Å². The van der Waals surface area contributed by atoms with E-state index < -0.39 is 0 Å². The molecule has 1 N–H and O–H groups in total. The Hall–Kier alpha value is -1.26. The van der Waals surface area contributed by atoms with Gasteiger partial charge in [0.15, 0.2) is 0 Å². The lowest BCUT2D eigenvalue weighted by Gasteiger charge is -2.19. The first-order valence-electron chi connectivity index (χ1n) is 8.22. The van der Waals surface area contributed by atoms with Crippen LogP contribution in [0.1, 0.15) is 58.8 Å². The minimum Gasteiger partial charge on any atom is -0.322 e. The van der Waals surface area contributed by atoms with Crippen LogP contribution in [0.15, 0.2) is 34.5 Å². The number of thiophene rings is 1. The molecule has 1 amide bonds. The molecule has 0 bridgehead atoms. The average molecular weight is 346 g/mol. The smallest absolute Gasteiger partial charge is 0.256 e. The largest absolute Gasteiger partial charge is 0.322 e. The Bertz CT molecular complexity index is 686. The molecule has 0 spiro atoms. The van der Waals surface area contributed by atoms with E-state index in [2.05, 4.69) is 30.6 Å². The number of benzene rings is 1. The highest BCUT2D eigenvalue weighted by atomic mass is 32.2. The van der Waals surface area contributed by atoms with Gasteiger partial charge in [0.1, 0.15) is 0 Å². The van der Waals surface area contributed by atoms with Crippen LogP contribution >= 0.6 is 23.1 Å². The van der Waals surface area contributed by atoms with Gasteiger partial charge >= 0.3 is 0 Å². The molecule has 3 rings (SSSR count). The van der Waals surface area contributed by atoms with Crippen molar-refractivity contribution in [3.63, 3.8) is 0 Å². The maximum absolute atomic E-state index is 12.5. The molecule has 1 aromatic heterocycles. The first kappa shape index (κ1) is 16.6. The highest BCUT2D eigenvalue weighted by Crippen LogP contribution is 2.36. The molecule has 122 valence electrons. The molecule has 0 aliphatic heterocycles. The lowest BCUT2D eigenvalue weighted by molar-refractivity contribution is 0.102. The molecule has 1 aliphatic carbocycles. The van der Waals surface area contributed by atoms with E-state index in [1.165, 1.54) is 47.4 Å². The van der Waals surface area contributed by atoms with Crippen LogP contribution in [0.2, 0.25) is 0 Å². The minimum absolute atomic E-state index is 0.000726. The van der Waals surface area contributed by atoms with Gasteiger partial charge in [-0.25, -0.2) is 0 Å². The summed E-state index contributed by atoms with van der Waals surface area (Å²) in [6.07, 6.45) is 8.62. The van der Waals surface area contributed by atoms with E-state index >= 15 is 0 Å². The molecule has 1 heterocycles. The van der Waals surface area contributed by atoms with Crippen LogP contribution in [0.3, 0.4) is 0 Å². The second-order valence-electron chi connectivity index (χ2n) is 6.21. The summed E-state index contributed by atoms with van der Waals surface area (Å²) < 4.78 is 0. The van der Waals surface area contributed by atoms with Gasteiger partial charge in [-0.05, 0) is 55.7 Å². The summed E-state index contributed by atoms with van der Waals surface area (Å²) in [5, 5.41) is 5.03. The summed E-state index contributed by atoms with van der Waals surface area (Å²) in [6.45, 7) is 2.09. The number of hydrogen-bond donors (Lipinski definition) is 1. The van der Waals surface area contributed by atoms with E-state index in [4.69, 9.17) is 0 Å². The van der Waals surface area contributed by atoms with Crippen LogP contribution in [0, 0.1) is 6.92 Å². The highest BCUT2D eigenvalue weighted by Gasteiger charge is 2.19. The molecule has 0 saturated heterocycles. The Morgan fingerprint density at radius 1 is 1.22 bits per heavy atom. The summed E-state index contributed by atoms with van der Waals surface area (Å²) in [5.74, 6) is 0.664. The average Bonchev–Trinajstić information content (AvgIpc) is 3.07. The number of nitrogens with one attached hydrogen (secondary N) is 1. The molecule has 2 nitrogen and oxygen atoms in total. The maximum atomic E-state index is 12.5. The first-order chi connectivity index (χ1) is 11.2. The fourth-order valence-electron chi connectivity index (χ4n) is 3.17. The fourth-order valence-corrected chi connectivity index (χ4v) is 4.87. The fraction of sp³-hybridized carbons (Fsp3) is 0.421. The monoisotopic (exact) mass is 345 g/mol. The van der Waals surface area contributed by atoms with E-state index in [0.29, 0.717) is 5.92 Å². The summed E-state index contributed by atoms with van der Waals surface area (Å²) >= 11 is 3.45. The molecule has 1 aliphatic rings. The quantitative estimate of drug-likeness (QED) is 0.680. The molecule has 23 heavy (non-hydrogen) atoms. The molecule has 1 fully saturated rings. The zero-order chi connectivity index (χ0) is 16.2. The van der Waals surface area contributed by atoms with Crippen molar-refractivity contribution in [1.29, 1.82) is 0 Å². The first-order valence-corrected chi connectivity index (χ1v) is 10.3. The van der Waals surface area contributed by atoms with Gasteiger partial charge in [0.2, 0.25) is 0 Å². The van der Waals surface area contributed by atoms with Gasteiger partial charge in [-0.1, -0.05) is 25.3 Å². The number of amides is 1. The van der Waals surface area contributed by atoms with Crippen molar-refractivity contribution in [3.8, 4) is 0 Å². The Kier molecular flexibility index (Phi) is 5.44. The topological polar surface area (TPSA) is 29.1 Å². The van der Waals surface area contributed by atoms with Crippen molar-refractivity contribution in [2.45, 2.75) is 49.8 Å². The van der Waals surface area contributed by atoms with Crippen LogP contribution in [0.5, 0.6) is 0 Å². The standard InChI is InChI=1S/C19H23NOS2/c1-13-8-9-16(11-17(13)22-2)20-19(21)15-10-18(23-12-15)14-6-4-3-5-7-14/h8-12,14H,3-7H2,1-2H3,(H,20,21). The van der Waals surface area contributed by atoms with Gasteiger partial charge in [0, 0.05) is 20.8 Å². The summed E-state index contributed by atoms with van der Waals surface area (Å²) in [7, 11) is 0. The van der Waals surface area contributed by atoms with Crippen molar-refractivity contribution in [2.24, 2.45) is 0 Å². The van der Waals surface area contributed by atoms with Crippen molar-refractivity contribution >= 4 is 34.7 Å². The molecular formula is C19H23NOS2. The SMILES string of the molecule is CSc1cc(NC(=O)c2csc(C3CCCCC3)c2)ccc1C. The van der Waals surface area contributed by atoms with Gasteiger partial charge < -0.3 is 5.32 Å². The van der Waals surface area contributed by atoms with Gasteiger partial charge in [0.05, 0.1) is 5.56 Å². The van der Waals surface area contributed by atoms with Gasteiger partial charge in [0.25, 0.3) is 5.91 Å². The van der Waals surface area contributed by atoms with E-state index in [0.717, 1.165) is 11.3 Å². The summed E-state index contributed by atoms with van der Waals surface area (Å²) in [5.41, 5.74) is 2.91. The van der Waals surface area contributed by atoms with Crippen LogP contribution < -0.4 is 5.32 Å². The van der Waals surface area contributed by atoms with E-state index in [1.807, 2.05) is 17.5 Å².